The Bertz CT molecular complexity index is 1210. The molecule has 2 atom stereocenters. The highest BCUT2D eigenvalue weighted by atomic mass is 19.1. The van der Waals surface area contributed by atoms with Crippen molar-refractivity contribution in [3.8, 4) is 5.88 Å². The van der Waals surface area contributed by atoms with Crippen LogP contribution in [-0.4, -0.2) is 79.7 Å². The Morgan fingerprint density at radius 3 is 2.67 bits per heavy atom. The second kappa shape index (κ2) is 11.2. The molecule has 3 aliphatic rings. The van der Waals surface area contributed by atoms with Crippen LogP contribution in [0.2, 0.25) is 0 Å². The SMILES string of the molecule is CC1(C)OCC[C@@H](COC(=O)N2CC=C(c3c(F)cc(N4C[C@H](COc5ccon5)OC4=O)cc3F)CC2)O1. The predicted molar refractivity (Wildman–Crippen MR) is 131 cm³/mol. The van der Waals surface area contributed by atoms with E-state index in [0.29, 0.717) is 18.6 Å². The Hall–Kier alpha value is -3.71. The Labute approximate surface area is 223 Å². The number of hydrogen-bond acceptors (Lipinski definition) is 9. The van der Waals surface area contributed by atoms with Gasteiger partial charge in [0.05, 0.1) is 24.9 Å². The van der Waals surface area contributed by atoms with Crippen LogP contribution in [-0.2, 0) is 18.9 Å². The van der Waals surface area contributed by atoms with Crippen molar-refractivity contribution in [2.24, 2.45) is 0 Å². The molecule has 0 N–H and O–H groups in total. The Morgan fingerprint density at radius 2 is 2.00 bits per heavy atom. The van der Waals surface area contributed by atoms with E-state index in [0.717, 1.165) is 17.0 Å². The molecule has 4 heterocycles. The molecule has 0 spiro atoms. The first-order valence-corrected chi connectivity index (χ1v) is 12.6. The van der Waals surface area contributed by atoms with Crippen LogP contribution in [0.1, 0.15) is 32.3 Å². The molecule has 0 radical (unpaired) electrons. The normalized spacial score (nSPS) is 22.9. The van der Waals surface area contributed by atoms with Crippen LogP contribution in [0, 0.1) is 11.6 Å². The summed E-state index contributed by atoms with van der Waals surface area (Å²) in [6.45, 7) is 4.63. The zero-order valence-electron chi connectivity index (χ0n) is 21.6. The number of aromatic nitrogens is 1. The molecule has 0 unspecified atom stereocenters. The summed E-state index contributed by atoms with van der Waals surface area (Å²) in [5, 5.41) is 3.60. The first-order valence-electron chi connectivity index (χ1n) is 12.6. The van der Waals surface area contributed by atoms with Crippen LogP contribution < -0.4 is 9.64 Å². The van der Waals surface area contributed by atoms with E-state index in [1.807, 2.05) is 0 Å². The van der Waals surface area contributed by atoms with Gasteiger partial charge in [-0.1, -0.05) is 6.08 Å². The minimum atomic E-state index is -0.818. The number of anilines is 1. The number of carbonyl (C=O) groups excluding carboxylic acids is 2. The van der Waals surface area contributed by atoms with Gasteiger partial charge in [0.25, 0.3) is 5.88 Å². The number of amides is 2. The van der Waals surface area contributed by atoms with Crippen molar-refractivity contribution in [2.75, 3.05) is 44.4 Å². The van der Waals surface area contributed by atoms with Gasteiger partial charge in [-0.05, 0) is 43.1 Å². The highest BCUT2D eigenvalue weighted by Gasteiger charge is 2.35. The average Bonchev–Trinajstić information content (AvgIpc) is 3.55. The summed E-state index contributed by atoms with van der Waals surface area (Å²) in [7, 11) is 0. The first-order chi connectivity index (χ1) is 18.7. The summed E-state index contributed by atoms with van der Waals surface area (Å²) in [5.41, 5.74) is 0.267. The number of nitrogens with zero attached hydrogens (tertiary/aromatic N) is 3. The van der Waals surface area contributed by atoms with Crippen LogP contribution in [0.25, 0.3) is 5.57 Å². The summed E-state index contributed by atoms with van der Waals surface area (Å²) in [5.74, 6) is -2.13. The molecule has 3 aliphatic heterocycles. The molecule has 2 amide bonds. The molecule has 210 valence electrons. The highest BCUT2D eigenvalue weighted by molar-refractivity contribution is 5.90. The molecule has 0 aliphatic carbocycles. The number of rotatable bonds is 7. The number of benzene rings is 1. The van der Waals surface area contributed by atoms with Gasteiger partial charge in [-0.3, -0.25) is 4.90 Å². The molecular weight excluding hydrogens is 520 g/mol. The summed E-state index contributed by atoms with van der Waals surface area (Å²) in [4.78, 5) is 27.5. The Balaban J connectivity index is 1.17. The number of cyclic esters (lactones) is 1. The van der Waals surface area contributed by atoms with Gasteiger partial charge in [-0.15, -0.1) is 0 Å². The molecule has 11 nitrogen and oxygen atoms in total. The summed E-state index contributed by atoms with van der Waals surface area (Å²) in [6, 6.07) is 3.69. The molecular formula is C26H29F2N3O8. The molecule has 2 saturated heterocycles. The Kier molecular flexibility index (Phi) is 7.71. The summed E-state index contributed by atoms with van der Waals surface area (Å²) in [6.07, 6.45) is 1.60. The van der Waals surface area contributed by atoms with Gasteiger partial charge in [0.2, 0.25) is 0 Å². The van der Waals surface area contributed by atoms with E-state index in [2.05, 4.69) is 9.68 Å². The number of carbonyl (C=O) groups is 2. The monoisotopic (exact) mass is 549 g/mol. The lowest BCUT2D eigenvalue weighted by Gasteiger charge is -2.36. The number of hydrogen-bond donors (Lipinski definition) is 0. The van der Waals surface area contributed by atoms with E-state index < -0.39 is 35.7 Å². The second-order valence-corrected chi connectivity index (χ2v) is 9.83. The number of halogens is 2. The lowest BCUT2D eigenvalue weighted by atomic mass is 9.98. The van der Waals surface area contributed by atoms with E-state index >= 15 is 8.78 Å². The van der Waals surface area contributed by atoms with E-state index in [4.69, 9.17) is 23.7 Å². The fraction of sp³-hybridized carbons (Fsp3) is 0.500. The van der Waals surface area contributed by atoms with Crippen LogP contribution in [0.5, 0.6) is 5.88 Å². The van der Waals surface area contributed by atoms with Gasteiger partial charge >= 0.3 is 12.2 Å². The van der Waals surface area contributed by atoms with E-state index in [1.54, 1.807) is 19.9 Å². The van der Waals surface area contributed by atoms with Gasteiger partial charge in [-0.2, -0.15) is 0 Å². The largest absolute Gasteiger partial charge is 0.471 e. The molecule has 13 heteroatoms. The third-order valence-electron chi connectivity index (χ3n) is 6.57. The van der Waals surface area contributed by atoms with Gasteiger partial charge in [-0.25, -0.2) is 18.4 Å². The maximum Gasteiger partial charge on any atom is 0.414 e. The molecule has 2 fully saturated rings. The molecule has 0 saturated carbocycles. The van der Waals surface area contributed by atoms with Crippen LogP contribution >= 0.6 is 0 Å². The average molecular weight is 550 g/mol. The molecule has 2 aromatic rings. The van der Waals surface area contributed by atoms with Gasteiger partial charge in [0.15, 0.2) is 11.9 Å². The van der Waals surface area contributed by atoms with Crippen molar-refractivity contribution in [2.45, 2.75) is 44.7 Å². The molecule has 5 rings (SSSR count). The van der Waals surface area contributed by atoms with Crippen molar-refractivity contribution in [3.05, 3.63) is 47.7 Å². The highest BCUT2D eigenvalue weighted by Crippen LogP contribution is 2.32. The second-order valence-electron chi connectivity index (χ2n) is 9.83. The van der Waals surface area contributed by atoms with Gasteiger partial charge < -0.3 is 33.1 Å². The zero-order chi connectivity index (χ0) is 27.6. The van der Waals surface area contributed by atoms with Crippen molar-refractivity contribution < 1.29 is 46.6 Å². The lowest BCUT2D eigenvalue weighted by Crippen LogP contribution is -2.43. The van der Waals surface area contributed by atoms with Crippen molar-refractivity contribution in [1.29, 1.82) is 0 Å². The summed E-state index contributed by atoms with van der Waals surface area (Å²) < 4.78 is 62.1. The molecule has 0 bridgehead atoms. The van der Waals surface area contributed by atoms with Gasteiger partial charge in [0, 0.05) is 31.1 Å². The molecule has 39 heavy (non-hydrogen) atoms. The molecule has 1 aromatic carbocycles. The van der Waals surface area contributed by atoms with Crippen molar-refractivity contribution in [3.63, 3.8) is 0 Å². The maximum absolute atomic E-state index is 15.1. The van der Waals surface area contributed by atoms with Crippen LogP contribution in [0.15, 0.2) is 35.1 Å². The zero-order valence-corrected chi connectivity index (χ0v) is 21.6. The standard InChI is InChI=1S/C26H29F2N3O8/c1-26(2)36-9-5-18(39-26)14-35-24(32)30-7-3-16(4-8-30)23-20(27)11-17(12-21(23)28)31-13-19(38-25(31)33)15-34-22-6-10-37-29-22/h3,6,10-12,18-19H,4-5,7-9,13-15H2,1-2H3/t18-,19+/m0/s1. The third kappa shape index (κ3) is 6.31. The van der Waals surface area contributed by atoms with E-state index in [9.17, 15) is 9.59 Å². The number of ether oxygens (including phenoxy) is 5. The van der Waals surface area contributed by atoms with Crippen LogP contribution in [0.4, 0.5) is 24.1 Å². The first kappa shape index (κ1) is 26.9. The third-order valence-corrected chi connectivity index (χ3v) is 6.57. The Morgan fingerprint density at radius 1 is 1.21 bits per heavy atom. The van der Waals surface area contributed by atoms with Crippen LogP contribution in [0.3, 0.4) is 0 Å². The fourth-order valence-electron chi connectivity index (χ4n) is 4.66. The fourth-order valence-corrected chi connectivity index (χ4v) is 4.66. The van der Waals surface area contributed by atoms with E-state index in [1.165, 1.54) is 17.2 Å². The smallest absolute Gasteiger partial charge is 0.414 e. The van der Waals surface area contributed by atoms with Gasteiger partial charge in [0.1, 0.15) is 31.1 Å². The minimum Gasteiger partial charge on any atom is -0.471 e. The quantitative estimate of drug-likeness (QED) is 0.503. The maximum atomic E-state index is 15.1. The van der Waals surface area contributed by atoms with Crippen molar-refractivity contribution in [1.82, 2.24) is 10.1 Å². The topological polar surface area (TPSA) is 113 Å². The molecule has 1 aromatic heterocycles. The van der Waals surface area contributed by atoms with Crippen molar-refractivity contribution >= 4 is 23.4 Å². The summed E-state index contributed by atoms with van der Waals surface area (Å²) >= 11 is 0. The van der Waals surface area contributed by atoms with E-state index in [-0.39, 0.29) is 62.5 Å². The minimum absolute atomic E-state index is 0.00369. The predicted octanol–water partition coefficient (Wildman–Crippen LogP) is 4.12. The lowest BCUT2D eigenvalue weighted by molar-refractivity contribution is -0.277.